The second-order valence-electron chi connectivity index (χ2n) is 5.88. The number of hydrogen-bond donors (Lipinski definition) is 1. The van der Waals surface area contributed by atoms with E-state index in [1.807, 2.05) is 4.90 Å². The van der Waals surface area contributed by atoms with Crippen molar-refractivity contribution in [3.05, 3.63) is 62.6 Å². The van der Waals surface area contributed by atoms with Gasteiger partial charge in [-0.3, -0.25) is 9.69 Å². The van der Waals surface area contributed by atoms with Crippen LogP contribution < -0.4 is 5.56 Å². The maximum atomic E-state index is 13.6. The minimum absolute atomic E-state index is 0.123. The lowest BCUT2D eigenvalue weighted by Gasteiger charge is -2.28. The molecule has 1 N–H and O–H groups in total. The molecule has 24 heavy (non-hydrogen) atoms. The van der Waals surface area contributed by atoms with Gasteiger partial charge in [0.15, 0.2) is 0 Å². The van der Waals surface area contributed by atoms with Crippen molar-refractivity contribution < 1.29 is 17.6 Å². The van der Waals surface area contributed by atoms with Gasteiger partial charge in [0.05, 0.1) is 5.69 Å². The number of hydrogen-bond acceptors (Lipinski definition) is 3. The van der Waals surface area contributed by atoms with Crippen LogP contribution in [0.25, 0.3) is 0 Å². The van der Waals surface area contributed by atoms with Gasteiger partial charge in [-0.15, -0.1) is 0 Å². The monoisotopic (exact) mass is 341 g/mol. The van der Waals surface area contributed by atoms with E-state index in [1.165, 1.54) is 6.07 Å². The highest BCUT2D eigenvalue weighted by Gasteiger charge is 2.35. The molecule has 0 aliphatic carbocycles. The Morgan fingerprint density at radius 2 is 2.08 bits per heavy atom. The molecule has 0 unspecified atom stereocenters. The van der Waals surface area contributed by atoms with Gasteiger partial charge < -0.3 is 4.98 Å². The third-order valence-electron chi connectivity index (χ3n) is 4.06. The van der Waals surface area contributed by atoms with Crippen molar-refractivity contribution in [2.75, 3.05) is 6.54 Å². The molecule has 0 amide bonds. The summed E-state index contributed by atoms with van der Waals surface area (Å²) in [6.07, 6.45) is -4.39. The first kappa shape index (κ1) is 16.6. The summed E-state index contributed by atoms with van der Waals surface area (Å²) in [5, 5.41) is 0. The van der Waals surface area contributed by atoms with Crippen molar-refractivity contribution in [1.29, 1.82) is 0 Å². The molecule has 0 spiro atoms. The first-order valence-corrected chi connectivity index (χ1v) is 7.40. The Kier molecular flexibility index (Phi) is 4.16. The molecule has 1 aromatic heterocycles. The summed E-state index contributed by atoms with van der Waals surface area (Å²) in [6.45, 7) is 2.66. The number of halogens is 4. The predicted octanol–water partition coefficient (Wildman–Crippen LogP) is 2.79. The van der Waals surface area contributed by atoms with Crippen LogP contribution in [0, 0.1) is 12.7 Å². The van der Waals surface area contributed by atoms with E-state index in [1.54, 1.807) is 24.0 Å². The second kappa shape index (κ2) is 6.01. The van der Waals surface area contributed by atoms with Gasteiger partial charge in [0.1, 0.15) is 5.82 Å². The summed E-state index contributed by atoms with van der Waals surface area (Å²) >= 11 is 0. The normalized spacial score (nSPS) is 15.4. The molecule has 2 heterocycles. The number of rotatable bonds is 2. The molecule has 0 saturated carbocycles. The van der Waals surface area contributed by atoms with E-state index in [-0.39, 0.29) is 23.6 Å². The van der Waals surface area contributed by atoms with Crippen LogP contribution >= 0.6 is 0 Å². The van der Waals surface area contributed by atoms with Crippen molar-refractivity contribution in [3.8, 4) is 0 Å². The average molecular weight is 341 g/mol. The third-order valence-corrected chi connectivity index (χ3v) is 4.06. The lowest BCUT2D eigenvalue weighted by atomic mass is 10.0. The Morgan fingerprint density at radius 3 is 2.75 bits per heavy atom. The topological polar surface area (TPSA) is 49.0 Å². The number of alkyl halides is 3. The lowest BCUT2D eigenvalue weighted by molar-refractivity contribution is -0.145. The first-order chi connectivity index (χ1) is 11.2. The zero-order valence-electron chi connectivity index (χ0n) is 12.9. The fourth-order valence-electron chi connectivity index (χ4n) is 2.76. The molecule has 0 radical (unpaired) electrons. The summed E-state index contributed by atoms with van der Waals surface area (Å²) < 4.78 is 51.9. The summed E-state index contributed by atoms with van der Waals surface area (Å²) in [5.74, 6) is -1.60. The van der Waals surface area contributed by atoms with Crippen molar-refractivity contribution in [1.82, 2.24) is 14.9 Å². The molecule has 1 aromatic carbocycles. The maximum Gasteiger partial charge on any atom is 0.449 e. The number of benzene rings is 1. The molecule has 1 aliphatic rings. The highest BCUT2D eigenvalue weighted by molar-refractivity contribution is 5.25. The van der Waals surface area contributed by atoms with Crippen LogP contribution in [0.5, 0.6) is 0 Å². The highest BCUT2D eigenvalue weighted by Crippen LogP contribution is 2.27. The van der Waals surface area contributed by atoms with Gasteiger partial charge in [-0.05, 0) is 30.5 Å². The van der Waals surface area contributed by atoms with Crippen molar-refractivity contribution >= 4 is 0 Å². The maximum absolute atomic E-state index is 13.6. The Bertz CT molecular complexity index is 829. The van der Waals surface area contributed by atoms with Gasteiger partial charge in [0, 0.05) is 25.2 Å². The van der Waals surface area contributed by atoms with Crippen molar-refractivity contribution in [2.45, 2.75) is 32.6 Å². The Hall–Kier alpha value is -2.22. The fraction of sp³-hybridized carbons (Fsp3) is 0.375. The lowest BCUT2D eigenvalue weighted by Crippen LogP contribution is -2.36. The minimum atomic E-state index is -4.70. The molecule has 3 rings (SSSR count). The van der Waals surface area contributed by atoms with Gasteiger partial charge in [-0.1, -0.05) is 12.1 Å². The van der Waals surface area contributed by atoms with E-state index in [0.717, 1.165) is 5.56 Å². The predicted molar refractivity (Wildman–Crippen MR) is 78.8 cm³/mol. The van der Waals surface area contributed by atoms with Crippen LogP contribution in [-0.4, -0.2) is 21.4 Å². The number of H-pyrrole nitrogens is 1. The molecule has 0 atom stereocenters. The number of aryl methyl sites for hydroxylation is 1. The van der Waals surface area contributed by atoms with Crippen LogP contribution in [-0.2, 0) is 25.7 Å². The smallest absolute Gasteiger partial charge is 0.303 e. The fourth-order valence-corrected chi connectivity index (χ4v) is 2.76. The SMILES string of the molecule is Cc1ccc(CN2CCc3c(nc(C(F)(F)F)[nH]c3=O)C2)cc1F. The largest absolute Gasteiger partial charge is 0.449 e. The summed E-state index contributed by atoms with van der Waals surface area (Å²) in [6, 6.07) is 4.85. The number of nitrogens with one attached hydrogen (secondary N) is 1. The summed E-state index contributed by atoms with van der Waals surface area (Å²) in [4.78, 5) is 19.0. The Balaban J connectivity index is 1.84. The van der Waals surface area contributed by atoms with Gasteiger partial charge in [-0.25, -0.2) is 9.37 Å². The van der Waals surface area contributed by atoms with Crippen LogP contribution in [0.2, 0.25) is 0 Å². The highest BCUT2D eigenvalue weighted by atomic mass is 19.4. The van der Waals surface area contributed by atoms with E-state index in [2.05, 4.69) is 4.98 Å². The molecule has 0 bridgehead atoms. The van der Waals surface area contributed by atoms with E-state index in [4.69, 9.17) is 0 Å². The molecule has 0 fully saturated rings. The van der Waals surface area contributed by atoms with Crippen molar-refractivity contribution in [3.63, 3.8) is 0 Å². The van der Waals surface area contributed by atoms with Crippen LogP contribution in [0.4, 0.5) is 17.6 Å². The Labute approximate surface area is 135 Å². The third kappa shape index (κ3) is 3.33. The molecule has 1 aliphatic heterocycles. The van der Waals surface area contributed by atoms with E-state index in [0.29, 0.717) is 25.1 Å². The summed E-state index contributed by atoms with van der Waals surface area (Å²) in [7, 11) is 0. The summed E-state index contributed by atoms with van der Waals surface area (Å²) in [5.41, 5.74) is 0.931. The van der Waals surface area contributed by atoms with Gasteiger partial charge in [0.25, 0.3) is 5.56 Å². The number of fused-ring (bicyclic) bond motifs is 1. The molecular formula is C16H15F4N3O. The Morgan fingerprint density at radius 1 is 1.33 bits per heavy atom. The second-order valence-corrected chi connectivity index (χ2v) is 5.88. The van der Waals surface area contributed by atoms with E-state index in [9.17, 15) is 22.4 Å². The standard InChI is InChI=1S/C16H15F4N3O/c1-9-2-3-10(6-12(9)17)7-23-5-4-11-13(8-23)21-15(16(18,19)20)22-14(11)24/h2-3,6H,4-5,7-8H2,1H3,(H,21,22,24). The molecule has 128 valence electrons. The van der Waals surface area contributed by atoms with Crippen LogP contribution in [0.1, 0.15) is 28.2 Å². The average Bonchev–Trinajstić information content (AvgIpc) is 2.50. The van der Waals surface area contributed by atoms with Crippen LogP contribution in [0.15, 0.2) is 23.0 Å². The zero-order valence-corrected chi connectivity index (χ0v) is 12.9. The molecule has 8 heteroatoms. The zero-order chi connectivity index (χ0) is 17.5. The number of nitrogens with zero attached hydrogens (tertiary/aromatic N) is 2. The first-order valence-electron chi connectivity index (χ1n) is 7.40. The van der Waals surface area contributed by atoms with Crippen LogP contribution in [0.3, 0.4) is 0 Å². The minimum Gasteiger partial charge on any atom is -0.303 e. The van der Waals surface area contributed by atoms with Gasteiger partial charge in [-0.2, -0.15) is 13.2 Å². The molecule has 4 nitrogen and oxygen atoms in total. The molecule has 0 saturated heterocycles. The number of aromatic amines is 1. The molecule has 2 aromatic rings. The van der Waals surface area contributed by atoms with Gasteiger partial charge in [0.2, 0.25) is 5.82 Å². The van der Waals surface area contributed by atoms with E-state index >= 15 is 0 Å². The number of aromatic nitrogens is 2. The van der Waals surface area contributed by atoms with E-state index < -0.39 is 17.6 Å². The quantitative estimate of drug-likeness (QED) is 0.855. The molecular weight excluding hydrogens is 326 g/mol. The van der Waals surface area contributed by atoms with Gasteiger partial charge >= 0.3 is 6.18 Å². The van der Waals surface area contributed by atoms with Crippen molar-refractivity contribution in [2.24, 2.45) is 0 Å².